The minimum atomic E-state index is -0.658. The summed E-state index contributed by atoms with van der Waals surface area (Å²) in [5.41, 5.74) is 0.181. The highest BCUT2D eigenvalue weighted by Gasteiger charge is 2.14. The maximum atomic E-state index is 13.5. The summed E-state index contributed by atoms with van der Waals surface area (Å²) in [7, 11) is 0. The SMILES string of the molecule is Fc1cc(F)c(NCC2CCCCN2)c(Cl)c1. The second-order valence-electron chi connectivity index (χ2n) is 4.27. The van der Waals surface area contributed by atoms with Crippen LogP contribution in [-0.2, 0) is 0 Å². The van der Waals surface area contributed by atoms with Crippen LogP contribution in [0.2, 0.25) is 5.02 Å². The first-order chi connectivity index (χ1) is 8.16. The molecule has 2 N–H and O–H groups in total. The molecule has 2 nitrogen and oxygen atoms in total. The minimum Gasteiger partial charge on any atom is -0.380 e. The lowest BCUT2D eigenvalue weighted by Gasteiger charge is -2.24. The molecule has 1 aliphatic rings. The molecule has 0 radical (unpaired) electrons. The average Bonchev–Trinajstić information content (AvgIpc) is 2.29. The van der Waals surface area contributed by atoms with Crippen LogP contribution in [0.25, 0.3) is 0 Å². The van der Waals surface area contributed by atoms with Crippen molar-refractivity contribution in [2.75, 3.05) is 18.4 Å². The van der Waals surface area contributed by atoms with E-state index in [0.717, 1.165) is 25.1 Å². The van der Waals surface area contributed by atoms with E-state index in [9.17, 15) is 8.78 Å². The maximum Gasteiger partial charge on any atom is 0.150 e. The lowest BCUT2D eigenvalue weighted by atomic mass is 10.1. The first kappa shape index (κ1) is 12.6. The second-order valence-corrected chi connectivity index (χ2v) is 4.68. The topological polar surface area (TPSA) is 24.1 Å². The molecule has 2 rings (SSSR count). The molecule has 1 aromatic carbocycles. The smallest absolute Gasteiger partial charge is 0.150 e. The van der Waals surface area contributed by atoms with Gasteiger partial charge in [0.2, 0.25) is 0 Å². The Bertz CT molecular complexity index is 369. The predicted molar refractivity (Wildman–Crippen MR) is 65.5 cm³/mol. The Morgan fingerprint density at radius 3 is 2.82 bits per heavy atom. The standard InChI is InChI=1S/C12H15ClF2N2/c13-10-5-8(14)6-11(15)12(10)17-7-9-3-1-2-4-16-9/h5-6,9,16-17H,1-4,7H2. The van der Waals surface area contributed by atoms with Crippen LogP contribution in [-0.4, -0.2) is 19.1 Å². The van der Waals surface area contributed by atoms with E-state index in [0.29, 0.717) is 12.6 Å². The van der Waals surface area contributed by atoms with Crippen molar-refractivity contribution in [2.24, 2.45) is 0 Å². The molecule has 94 valence electrons. The van der Waals surface area contributed by atoms with Gasteiger partial charge in [-0.3, -0.25) is 0 Å². The van der Waals surface area contributed by atoms with Crippen LogP contribution < -0.4 is 10.6 Å². The van der Waals surface area contributed by atoms with E-state index in [2.05, 4.69) is 10.6 Å². The first-order valence-corrected chi connectivity index (χ1v) is 6.16. The van der Waals surface area contributed by atoms with Crippen LogP contribution in [0, 0.1) is 11.6 Å². The molecule has 0 saturated carbocycles. The number of halogens is 3. The lowest BCUT2D eigenvalue weighted by molar-refractivity contribution is 0.413. The van der Waals surface area contributed by atoms with E-state index in [1.54, 1.807) is 0 Å². The van der Waals surface area contributed by atoms with Crippen molar-refractivity contribution >= 4 is 17.3 Å². The lowest BCUT2D eigenvalue weighted by Crippen LogP contribution is -2.39. The Morgan fingerprint density at radius 1 is 1.35 bits per heavy atom. The predicted octanol–water partition coefficient (Wildman–Crippen LogP) is 3.17. The van der Waals surface area contributed by atoms with Gasteiger partial charge in [0, 0.05) is 18.7 Å². The summed E-state index contributed by atoms with van der Waals surface area (Å²) in [4.78, 5) is 0. The first-order valence-electron chi connectivity index (χ1n) is 5.78. The van der Waals surface area contributed by atoms with Gasteiger partial charge in [0.15, 0.2) is 5.82 Å². The molecule has 1 fully saturated rings. The third-order valence-corrected chi connectivity index (χ3v) is 3.24. The number of benzene rings is 1. The molecule has 0 bridgehead atoms. The summed E-state index contributed by atoms with van der Waals surface area (Å²) < 4.78 is 26.3. The third-order valence-electron chi connectivity index (χ3n) is 2.94. The minimum absolute atomic E-state index is 0.0818. The molecular weight excluding hydrogens is 246 g/mol. The molecule has 1 saturated heterocycles. The van der Waals surface area contributed by atoms with Gasteiger partial charge in [-0.05, 0) is 25.5 Å². The van der Waals surface area contributed by atoms with Crippen molar-refractivity contribution in [2.45, 2.75) is 25.3 Å². The van der Waals surface area contributed by atoms with Crippen molar-refractivity contribution in [3.63, 3.8) is 0 Å². The van der Waals surface area contributed by atoms with Gasteiger partial charge in [-0.1, -0.05) is 18.0 Å². The number of rotatable bonds is 3. The van der Waals surface area contributed by atoms with Crippen molar-refractivity contribution < 1.29 is 8.78 Å². The van der Waals surface area contributed by atoms with E-state index >= 15 is 0 Å². The maximum absolute atomic E-state index is 13.5. The fourth-order valence-corrected chi connectivity index (χ4v) is 2.30. The molecule has 0 aliphatic carbocycles. The van der Waals surface area contributed by atoms with Crippen LogP contribution in [0.15, 0.2) is 12.1 Å². The number of piperidine rings is 1. The van der Waals surface area contributed by atoms with Crippen molar-refractivity contribution in [1.29, 1.82) is 0 Å². The Kier molecular flexibility index (Phi) is 4.18. The number of anilines is 1. The van der Waals surface area contributed by atoms with Crippen molar-refractivity contribution in [1.82, 2.24) is 5.32 Å². The van der Waals surface area contributed by atoms with Crippen LogP contribution in [0.4, 0.5) is 14.5 Å². The van der Waals surface area contributed by atoms with Crippen LogP contribution in [0.5, 0.6) is 0 Å². The fraction of sp³-hybridized carbons (Fsp3) is 0.500. The zero-order chi connectivity index (χ0) is 12.3. The van der Waals surface area contributed by atoms with Gasteiger partial charge in [-0.2, -0.15) is 0 Å². The zero-order valence-corrected chi connectivity index (χ0v) is 10.2. The molecule has 1 aromatic rings. The van der Waals surface area contributed by atoms with Gasteiger partial charge in [-0.25, -0.2) is 8.78 Å². The molecule has 0 spiro atoms. The summed E-state index contributed by atoms with van der Waals surface area (Å²) in [6.45, 7) is 1.59. The van der Waals surface area contributed by atoms with Gasteiger partial charge in [-0.15, -0.1) is 0 Å². The fourth-order valence-electron chi connectivity index (χ4n) is 2.03. The Labute approximate surface area is 104 Å². The molecule has 1 atom stereocenters. The van der Waals surface area contributed by atoms with Crippen LogP contribution in [0.1, 0.15) is 19.3 Å². The van der Waals surface area contributed by atoms with Gasteiger partial charge in [0.1, 0.15) is 5.82 Å². The van der Waals surface area contributed by atoms with Crippen molar-refractivity contribution in [3.05, 3.63) is 28.8 Å². The van der Waals surface area contributed by atoms with E-state index in [-0.39, 0.29) is 10.7 Å². The third kappa shape index (κ3) is 3.30. The summed E-state index contributed by atoms with van der Waals surface area (Å²) in [5, 5.41) is 6.36. The van der Waals surface area contributed by atoms with Gasteiger partial charge in [0.25, 0.3) is 0 Å². The number of hydrogen-bond acceptors (Lipinski definition) is 2. The largest absolute Gasteiger partial charge is 0.380 e. The van der Waals surface area contributed by atoms with E-state index in [1.807, 2.05) is 0 Å². The highest BCUT2D eigenvalue weighted by Crippen LogP contribution is 2.26. The van der Waals surface area contributed by atoms with Gasteiger partial charge >= 0.3 is 0 Å². The van der Waals surface area contributed by atoms with Crippen molar-refractivity contribution in [3.8, 4) is 0 Å². The molecule has 1 unspecified atom stereocenters. The summed E-state index contributed by atoms with van der Waals surface area (Å²) >= 11 is 5.79. The molecule has 17 heavy (non-hydrogen) atoms. The zero-order valence-electron chi connectivity index (χ0n) is 9.40. The second kappa shape index (κ2) is 5.65. The van der Waals surface area contributed by atoms with Gasteiger partial charge < -0.3 is 10.6 Å². The highest BCUT2D eigenvalue weighted by atomic mass is 35.5. The monoisotopic (exact) mass is 260 g/mol. The van der Waals surface area contributed by atoms with E-state index in [1.165, 1.54) is 12.8 Å². The number of nitrogens with one attached hydrogen (secondary N) is 2. The molecule has 0 aromatic heterocycles. The molecule has 1 heterocycles. The summed E-state index contributed by atoms with van der Waals surface area (Å²) in [6.07, 6.45) is 3.43. The average molecular weight is 261 g/mol. The summed E-state index contributed by atoms with van der Waals surface area (Å²) in [6, 6.07) is 2.27. The van der Waals surface area contributed by atoms with E-state index in [4.69, 9.17) is 11.6 Å². The highest BCUT2D eigenvalue weighted by molar-refractivity contribution is 6.33. The van der Waals surface area contributed by atoms with E-state index < -0.39 is 11.6 Å². The Balaban J connectivity index is 1.98. The van der Waals surface area contributed by atoms with Crippen LogP contribution in [0.3, 0.4) is 0 Å². The molecule has 0 amide bonds. The molecular formula is C12H15ClF2N2. The molecule has 5 heteroatoms. The Hall–Kier alpha value is -0.870. The number of hydrogen-bond donors (Lipinski definition) is 2. The van der Waals surface area contributed by atoms with Gasteiger partial charge in [0.05, 0.1) is 10.7 Å². The Morgan fingerprint density at radius 2 is 2.18 bits per heavy atom. The quantitative estimate of drug-likeness (QED) is 0.872. The molecule has 1 aliphatic heterocycles. The summed E-state index contributed by atoms with van der Waals surface area (Å²) in [5.74, 6) is -1.31. The normalized spacial score (nSPS) is 20.3. The van der Waals surface area contributed by atoms with Crippen LogP contribution >= 0.6 is 11.6 Å².